The minimum Gasteiger partial charge on any atom is -0.495 e. The Kier molecular flexibility index (Phi) is 4.60. The Balaban J connectivity index is 2.48. The molecule has 6 heteroatoms. The van der Waals surface area contributed by atoms with Gasteiger partial charge >= 0.3 is 5.97 Å². The second kappa shape index (κ2) is 6.43. The van der Waals surface area contributed by atoms with Gasteiger partial charge in [-0.05, 0) is 32.0 Å². The van der Waals surface area contributed by atoms with Crippen LogP contribution in [0.5, 0.6) is 5.75 Å². The zero-order valence-electron chi connectivity index (χ0n) is 12.9. The standard InChI is InChI=1S/C16H17FN2O3/c1-10-8-19(9-18-10)13-6-5-12(7-14(13)21-3)15(17)11(2)16(20)22-4/h5-9H,1-4H3. The molecule has 5 nitrogen and oxygen atoms in total. The summed E-state index contributed by atoms with van der Waals surface area (Å²) in [5.74, 6) is -0.869. The molecule has 0 radical (unpaired) electrons. The molecule has 0 amide bonds. The van der Waals surface area contributed by atoms with Crippen LogP contribution in [0.25, 0.3) is 11.5 Å². The van der Waals surface area contributed by atoms with Gasteiger partial charge < -0.3 is 14.0 Å². The molecule has 0 spiro atoms. The molecule has 0 bridgehead atoms. The van der Waals surface area contributed by atoms with Crippen molar-refractivity contribution in [3.05, 3.63) is 47.6 Å². The van der Waals surface area contributed by atoms with Crippen molar-refractivity contribution in [1.29, 1.82) is 0 Å². The molecule has 1 heterocycles. The lowest BCUT2D eigenvalue weighted by Crippen LogP contribution is -2.03. The van der Waals surface area contributed by atoms with Gasteiger partial charge in [0.2, 0.25) is 0 Å². The zero-order chi connectivity index (χ0) is 16.3. The Labute approximate surface area is 128 Å². The fraction of sp³-hybridized carbons (Fsp3) is 0.250. The van der Waals surface area contributed by atoms with Crippen molar-refractivity contribution < 1.29 is 18.7 Å². The number of imidazole rings is 1. The van der Waals surface area contributed by atoms with Crippen LogP contribution in [0.2, 0.25) is 0 Å². The summed E-state index contributed by atoms with van der Waals surface area (Å²) in [7, 11) is 2.71. The van der Waals surface area contributed by atoms with Crippen molar-refractivity contribution in [1.82, 2.24) is 9.55 Å². The van der Waals surface area contributed by atoms with Gasteiger partial charge in [0.15, 0.2) is 0 Å². The van der Waals surface area contributed by atoms with E-state index < -0.39 is 11.8 Å². The summed E-state index contributed by atoms with van der Waals surface area (Å²) < 4.78 is 25.9. The highest BCUT2D eigenvalue weighted by molar-refractivity contribution is 5.95. The smallest absolute Gasteiger partial charge is 0.336 e. The lowest BCUT2D eigenvalue weighted by molar-refractivity contribution is -0.136. The Morgan fingerprint density at radius 1 is 1.32 bits per heavy atom. The summed E-state index contributed by atoms with van der Waals surface area (Å²) in [5.41, 5.74) is 1.75. The van der Waals surface area contributed by atoms with Crippen molar-refractivity contribution in [2.45, 2.75) is 13.8 Å². The number of rotatable bonds is 4. The van der Waals surface area contributed by atoms with Gasteiger partial charge in [0.05, 0.1) is 37.5 Å². The van der Waals surface area contributed by atoms with Gasteiger partial charge in [-0.15, -0.1) is 0 Å². The lowest BCUT2D eigenvalue weighted by atomic mass is 10.1. The van der Waals surface area contributed by atoms with Gasteiger partial charge in [0.1, 0.15) is 11.6 Å². The van der Waals surface area contributed by atoms with Gasteiger partial charge in [-0.25, -0.2) is 14.2 Å². The van der Waals surface area contributed by atoms with E-state index in [9.17, 15) is 9.18 Å². The number of hydrogen-bond donors (Lipinski definition) is 0. The molecule has 0 aliphatic carbocycles. The summed E-state index contributed by atoms with van der Waals surface area (Å²) in [5, 5.41) is 0. The second-order valence-corrected chi connectivity index (χ2v) is 4.74. The zero-order valence-corrected chi connectivity index (χ0v) is 12.9. The molecular formula is C16H17FN2O3. The molecule has 2 rings (SSSR count). The van der Waals surface area contributed by atoms with E-state index in [0.29, 0.717) is 5.75 Å². The molecule has 2 aromatic rings. The number of methoxy groups -OCH3 is 2. The van der Waals surface area contributed by atoms with Crippen molar-refractivity contribution in [3.8, 4) is 11.4 Å². The first kappa shape index (κ1) is 15.8. The first-order chi connectivity index (χ1) is 10.5. The number of hydrogen-bond acceptors (Lipinski definition) is 4. The third-order valence-corrected chi connectivity index (χ3v) is 3.24. The molecule has 22 heavy (non-hydrogen) atoms. The number of ether oxygens (including phenoxy) is 2. The maximum absolute atomic E-state index is 14.3. The van der Waals surface area contributed by atoms with Crippen LogP contribution in [0, 0.1) is 6.92 Å². The third kappa shape index (κ3) is 3.00. The van der Waals surface area contributed by atoms with E-state index >= 15 is 0 Å². The summed E-state index contributed by atoms with van der Waals surface area (Å²) >= 11 is 0. The van der Waals surface area contributed by atoms with E-state index in [0.717, 1.165) is 11.4 Å². The molecule has 0 saturated carbocycles. The lowest BCUT2D eigenvalue weighted by Gasteiger charge is -2.11. The average Bonchev–Trinajstić information content (AvgIpc) is 2.98. The van der Waals surface area contributed by atoms with Crippen LogP contribution in [-0.4, -0.2) is 29.7 Å². The van der Waals surface area contributed by atoms with Crippen LogP contribution in [0.15, 0.2) is 36.3 Å². The Hall–Kier alpha value is -2.63. The third-order valence-electron chi connectivity index (χ3n) is 3.24. The number of carbonyl (C=O) groups excluding carboxylic acids is 1. The molecular weight excluding hydrogens is 287 g/mol. The summed E-state index contributed by atoms with van der Waals surface area (Å²) in [6.07, 6.45) is 3.49. The normalized spacial score (nSPS) is 11.9. The van der Waals surface area contributed by atoms with Gasteiger partial charge in [-0.3, -0.25) is 0 Å². The molecule has 0 atom stereocenters. The fourth-order valence-corrected chi connectivity index (χ4v) is 2.04. The predicted molar refractivity (Wildman–Crippen MR) is 80.6 cm³/mol. The number of benzene rings is 1. The maximum atomic E-state index is 14.3. The van der Waals surface area contributed by atoms with Crippen molar-refractivity contribution >= 4 is 11.8 Å². The summed E-state index contributed by atoms with van der Waals surface area (Å²) in [6, 6.07) is 4.82. The number of halogens is 1. The van der Waals surface area contributed by atoms with Crippen LogP contribution < -0.4 is 4.74 Å². The van der Waals surface area contributed by atoms with E-state index in [1.165, 1.54) is 27.2 Å². The number of nitrogens with zero attached hydrogens (tertiary/aromatic N) is 2. The molecule has 1 aromatic heterocycles. The average molecular weight is 304 g/mol. The number of aryl methyl sites for hydroxylation is 1. The van der Waals surface area contributed by atoms with Crippen molar-refractivity contribution in [3.63, 3.8) is 0 Å². The number of esters is 1. The highest BCUT2D eigenvalue weighted by Gasteiger charge is 2.15. The van der Waals surface area contributed by atoms with Crippen molar-refractivity contribution in [2.24, 2.45) is 0 Å². The molecule has 0 saturated heterocycles. The number of aromatic nitrogens is 2. The van der Waals surface area contributed by atoms with Crippen LogP contribution in [0.3, 0.4) is 0 Å². The molecule has 0 aliphatic rings. The van der Waals surface area contributed by atoms with Crippen LogP contribution >= 0.6 is 0 Å². The first-order valence-electron chi connectivity index (χ1n) is 6.62. The molecule has 1 aromatic carbocycles. The van der Waals surface area contributed by atoms with Gasteiger partial charge in [-0.1, -0.05) is 0 Å². The predicted octanol–water partition coefficient (Wildman–Crippen LogP) is 3.06. The quantitative estimate of drug-likeness (QED) is 0.643. The second-order valence-electron chi connectivity index (χ2n) is 4.74. The Bertz CT molecular complexity index is 735. The van der Waals surface area contributed by atoms with E-state index in [1.807, 2.05) is 13.1 Å². The van der Waals surface area contributed by atoms with Gasteiger partial charge in [-0.2, -0.15) is 0 Å². The van der Waals surface area contributed by atoms with E-state index in [4.69, 9.17) is 4.74 Å². The van der Waals surface area contributed by atoms with E-state index in [1.54, 1.807) is 23.0 Å². The SMILES string of the molecule is COC(=O)C(C)=C(F)c1ccc(-n2cnc(C)c2)c(OC)c1. The highest BCUT2D eigenvalue weighted by atomic mass is 19.1. The fourth-order valence-electron chi connectivity index (χ4n) is 2.04. The van der Waals surface area contributed by atoms with Crippen LogP contribution in [0.1, 0.15) is 18.2 Å². The highest BCUT2D eigenvalue weighted by Crippen LogP contribution is 2.29. The van der Waals surface area contributed by atoms with Gasteiger partial charge in [0, 0.05) is 11.8 Å². The van der Waals surface area contributed by atoms with Crippen molar-refractivity contribution in [2.75, 3.05) is 14.2 Å². The molecule has 0 fully saturated rings. The molecule has 0 unspecified atom stereocenters. The minimum atomic E-state index is -0.703. The van der Waals surface area contributed by atoms with E-state index in [-0.39, 0.29) is 11.1 Å². The Morgan fingerprint density at radius 3 is 2.59 bits per heavy atom. The van der Waals surface area contributed by atoms with Gasteiger partial charge in [0.25, 0.3) is 0 Å². The minimum absolute atomic E-state index is 0.0872. The topological polar surface area (TPSA) is 53.4 Å². The molecule has 0 N–H and O–H groups in total. The van der Waals surface area contributed by atoms with E-state index in [2.05, 4.69) is 9.72 Å². The monoisotopic (exact) mass is 304 g/mol. The summed E-state index contributed by atoms with van der Waals surface area (Å²) in [6.45, 7) is 3.25. The molecule has 116 valence electrons. The van der Waals surface area contributed by atoms with Crippen LogP contribution in [0.4, 0.5) is 4.39 Å². The largest absolute Gasteiger partial charge is 0.495 e. The van der Waals surface area contributed by atoms with Crippen LogP contribution in [-0.2, 0) is 9.53 Å². The molecule has 0 aliphatic heterocycles. The Morgan fingerprint density at radius 2 is 2.05 bits per heavy atom. The first-order valence-corrected chi connectivity index (χ1v) is 6.62. The number of carbonyl (C=O) groups is 1. The maximum Gasteiger partial charge on any atom is 0.336 e. The summed E-state index contributed by atoms with van der Waals surface area (Å²) in [4.78, 5) is 15.6.